The van der Waals surface area contributed by atoms with Gasteiger partial charge < -0.3 is 0 Å². The van der Waals surface area contributed by atoms with E-state index in [1.807, 2.05) is 36.4 Å². The maximum absolute atomic E-state index is 5.22. The topological polar surface area (TPSA) is 51.6 Å². The molecule has 0 atom stereocenters. The average Bonchev–Trinajstić information content (AvgIpc) is 3.14. The van der Waals surface area contributed by atoms with Gasteiger partial charge in [-0.25, -0.2) is 19.9 Å². The lowest BCUT2D eigenvalue weighted by atomic mass is 10.0. The van der Waals surface area contributed by atoms with Gasteiger partial charge in [0.05, 0.1) is 33.6 Å². The van der Waals surface area contributed by atoms with Crippen molar-refractivity contribution in [3.63, 3.8) is 0 Å². The number of aromatic nitrogens is 4. The number of rotatable bonds is 4. The van der Waals surface area contributed by atoms with E-state index in [-0.39, 0.29) is 0 Å². The number of nitrogens with zero attached hydrogens (tertiary/aromatic N) is 4. The summed E-state index contributed by atoms with van der Waals surface area (Å²) in [6.45, 7) is 0. The molecule has 4 nitrogen and oxygen atoms in total. The van der Waals surface area contributed by atoms with Crippen LogP contribution in [0.3, 0.4) is 0 Å². The summed E-state index contributed by atoms with van der Waals surface area (Å²) in [4.78, 5) is 20.5. The highest BCUT2D eigenvalue weighted by Crippen LogP contribution is 2.33. The maximum atomic E-state index is 5.22. The van der Waals surface area contributed by atoms with Crippen LogP contribution in [0, 0.1) is 0 Å². The van der Waals surface area contributed by atoms with Gasteiger partial charge in [0.15, 0.2) is 5.82 Å². The molecular formula is C42H26N4. The first-order valence-corrected chi connectivity index (χ1v) is 15.4. The van der Waals surface area contributed by atoms with E-state index in [2.05, 4.69) is 121 Å². The van der Waals surface area contributed by atoms with Gasteiger partial charge in [0.25, 0.3) is 0 Å². The van der Waals surface area contributed by atoms with Crippen LogP contribution in [0.25, 0.3) is 88.6 Å². The molecule has 0 unspecified atom stereocenters. The molecule has 0 aliphatic carbocycles. The molecule has 4 heteroatoms. The number of benzene rings is 6. The number of hydrogen-bond acceptors (Lipinski definition) is 4. The van der Waals surface area contributed by atoms with Crippen LogP contribution in [0.2, 0.25) is 0 Å². The molecule has 0 saturated carbocycles. The summed E-state index contributed by atoms with van der Waals surface area (Å²) in [5.74, 6) is 0.701. The molecule has 0 saturated heterocycles. The minimum atomic E-state index is 0.701. The van der Waals surface area contributed by atoms with Gasteiger partial charge in [-0.1, -0.05) is 127 Å². The molecule has 0 spiro atoms. The Kier molecular flexibility index (Phi) is 6.10. The van der Waals surface area contributed by atoms with Gasteiger partial charge in [-0.2, -0.15) is 0 Å². The van der Waals surface area contributed by atoms with Gasteiger partial charge >= 0.3 is 0 Å². The zero-order valence-corrected chi connectivity index (χ0v) is 24.8. The van der Waals surface area contributed by atoms with E-state index in [4.69, 9.17) is 19.9 Å². The molecular weight excluding hydrogens is 560 g/mol. The van der Waals surface area contributed by atoms with Crippen molar-refractivity contribution in [2.75, 3.05) is 0 Å². The second-order valence-corrected chi connectivity index (χ2v) is 11.5. The molecule has 3 heterocycles. The van der Waals surface area contributed by atoms with Crippen molar-refractivity contribution in [2.24, 2.45) is 0 Å². The van der Waals surface area contributed by atoms with E-state index in [1.54, 1.807) is 0 Å². The zero-order valence-electron chi connectivity index (χ0n) is 24.8. The monoisotopic (exact) mass is 586 g/mol. The SMILES string of the molecule is c1ccc(-c2nc(-c3ccccc3)c3ccc(-c4ccc5ccc6ccc(-c7ccc8ccccc8c7)nc6c5n4)cc3n2)cc1. The standard InChI is InChI=1S/C42H26N4/c1-3-10-28(11-4-1)39-35-22-19-34(26-38(35)45-42(46-39)31-12-5-2-6-13-31)37-24-21-30-17-16-29-20-23-36(43-40(29)41(30)44-37)33-18-15-27-9-7-8-14-32(27)25-33/h1-26H. The van der Waals surface area contributed by atoms with Gasteiger partial charge in [-0.3, -0.25) is 0 Å². The molecule has 0 aliphatic rings. The molecule has 9 rings (SSSR count). The van der Waals surface area contributed by atoms with Crippen molar-refractivity contribution in [1.29, 1.82) is 0 Å². The van der Waals surface area contributed by atoms with Gasteiger partial charge in [0.2, 0.25) is 0 Å². The summed E-state index contributed by atoms with van der Waals surface area (Å²) in [6.07, 6.45) is 0. The Hall–Kier alpha value is -6.26. The second-order valence-electron chi connectivity index (χ2n) is 11.5. The lowest BCUT2D eigenvalue weighted by Crippen LogP contribution is -1.96. The van der Waals surface area contributed by atoms with Crippen molar-refractivity contribution >= 4 is 43.5 Å². The molecule has 0 radical (unpaired) electrons. The lowest BCUT2D eigenvalue weighted by Gasteiger charge is -2.12. The largest absolute Gasteiger partial charge is 0.245 e. The van der Waals surface area contributed by atoms with E-state index >= 15 is 0 Å². The third kappa shape index (κ3) is 4.56. The van der Waals surface area contributed by atoms with Crippen LogP contribution < -0.4 is 0 Å². The Bertz CT molecular complexity index is 2580. The summed E-state index contributed by atoms with van der Waals surface area (Å²) in [6, 6.07) is 54.4. The number of pyridine rings is 2. The van der Waals surface area contributed by atoms with E-state index in [0.717, 1.165) is 72.0 Å². The summed E-state index contributed by atoms with van der Waals surface area (Å²) in [5.41, 5.74) is 9.50. The van der Waals surface area contributed by atoms with E-state index in [1.165, 1.54) is 10.8 Å². The van der Waals surface area contributed by atoms with E-state index in [0.29, 0.717) is 5.82 Å². The van der Waals surface area contributed by atoms with E-state index < -0.39 is 0 Å². The van der Waals surface area contributed by atoms with Crippen LogP contribution in [-0.2, 0) is 0 Å². The van der Waals surface area contributed by atoms with Gasteiger partial charge in [0, 0.05) is 38.4 Å². The highest BCUT2D eigenvalue weighted by atomic mass is 14.9. The molecule has 214 valence electrons. The fourth-order valence-electron chi connectivity index (χ4n) is 6.26. The predicted molar refractivity (Wildman–Crippen MR) is 189 cm³/mol. The summed E-state index contributed by atoms with van der Waals surface area (Å²) < 4.78 is 0. The third-order valence-corrected chi connectivity index (χ3v) is 8.64. The molecule has 0 N–H and O–H groups in total. The van der Waals surface area contributed by atoms with Gasteiger partial charge in [-0.05, 0) is 41.1 Å². The normalized spacial score (nSPS) is 11.5. The molecule has 0 amide bonds. The highest BCUT2D eigenvalue weighted by molar-refractivity contribution is 6.04. The molecule has 0 bridgehead atoms. The summed E-state index contributed by atoms with van der Waals surface area (Å²) in [7, 11) is 0. The van der Waals surface area contributed by atoms with Crippen LogP contribution >= 0.6 is 0 Å². The average molecular weight is 587 g/mol. The van der Waals surface area contributed by atoms with Crippen LogP contribution in [0.15, 0.2) is 158 Å². The van der Waals surface area contributed by atoms with Crippen molar-refractivity contribution in [2.45, 2.75) is 0 Å². The van der Waals surface area contributed by atoms with Crippen LogP contribution in [0.1, 0.15) is 0 Å². The molecule has 6 aromatic carbocycles. The van der Waals surface area contributed by atoms with Crippen LogP contribution in [-0.4, -0.2) is 19.9 Å². The number of fused-ring (bicyclic) bond motifs is 5. The first-order chi connectivity index (χ1) is 22.8. The van der Waals surface area contributed by atoms with E-state index in [9.17, 15) is 0 Å². The van der Waals surface area contributed by atoms with Crippen molar-refractivity contribution in [1.82, 2.24) is 19.9 Å². The highest BCUT2D eigenvalue weighted by Gasteiger charge is 2.14. The van der Waals surface area contributed by atoms with Crippen molar-refractivity contribution < 1.29 is 0 Å². The fourth-order valence-corrected chi connectivity index (χ4v) is 6.26. The Morgan fingerprint density at radius 3 is 1.57 bits per heavy atom. The minimum absolute atomic E-state index is 0.701. The lowest BCUT2D eigenvalue weighted by molar-refractivity contribution is 1.23. The first kappa shape index (κ1) is 26.2. The minimum Gasteiger partial charge on any atom is -0.245 e. The quantitative estimate of drug-likeness (QED) is 0.193. The van der Waals surface area contributed by atoms with Gasteiger partial charge in [0.1, 0.15) is 0 Å². The first-order valence-electron chi connectivity index (χ1n) is 15.4. The molecule has 3 aromatic heterocycles. The third-order valence-electron chi connectivity index (χ3n) is 8.64. The Morgan fingerprint density at radius 1 is 0.326 bits per heavy atom. The Balaban J connectivity index is 1.20. The van der Waals surface area contributed by atoms with Crippen LogP contribution in [0.5, 0.6) is 0 Å². The van der Waals surface area contributed by atoms with Gasteiger partial charge in [-0.15, -0.1) is 0 Å². The maximum Gasteiger partial charge on any atom is 0.160 e. The summed E-state index contributed by atoms with van der Waals surface area (Å²) in [5, 5.41) is 5.54. The fraction of sp³-hybridized carbons (Fsp3) is 0. The van der Waals surface area contributed by atoms with Crippen molar-refractivity contribution in [3.8, 4) is 45.2 Å². The molecule has 46 heavy (non-hydrogen) atoms. The van der Waals surface area contributed by atoms with Crippen molar-refractivity contribution in [3.05, 3.63) is 158 Å². The Morgan fingerprint density at radius 2 is 0.870 bits per heavy atom. The van der Waals surface area contributed by atoms with Crippen LogP contribution in [0.4, 0.5) is 0 Å². The molecule has 0 fully saturated rings. The number of hydrogen-bond donors (Lipinski definition) is 0. The summed E-state index contributed by atoms with van der Waals surface area (Å²) >= 11 is 0. The second kappa shape index (κ2) is 10.7. The molecule has 9 aromatic rings. The smallest absolute Gasteiger partial charge is 0.160 e. The predicted octanol–water partition coefficient (Wildman–Crippen LogP) is 10.5. The Labute approximate surface area is 265 Å². The zero-order chi connectivity index (χ0) is 30.5. The molecule has 0 aliphatic heterocycles.